The zero-order valence-electron chi connectivity index (χ0n) is 40.1. The van der Waals surface area contributed by atoms with Gasteiger partial charge in [-0.05, 0) is 67.3 Å². The molecule has 8 rings (SSSR count). The van der Waals surface area contributed by atoms with Crippen molar-refractivity contribution in [2.45, 2.75) is 89.8 Å². The fourth-order valence-corrected chi connectivity index (χ4v) is 8.47. The number of hydrogen-bond acceptors (Lipinski definition) is 11. The van der Waals surface area contributed by atoms with E-state index in [1.807, 2.05) is 109 Å². The largest absolute Gasteiger partial charge is 0.445 e. The second-order valence-electron chi connectivity index (χ2n) is 19.3. The number of nitrogens with one attached hydrogen (secondary N) is 2. The van der Waals surface area contributed by atoms with Crippen LogP contribution in [0.2, 0.25) is 0 Å². The van der Waals surface area contributed by atoms with E-state index in [9.17, 15) is 28.8 Å². The standard InChI is InChI=1S/C27H33N3O6.C25H29N3O5/c1-26(2,3)36-23(31)28-14-22-15-30(25(33)35-22)21-12-10-20(11-13-21)27(4)17-29(18-27)24(32)34-16-19-8-6-5-7-9-19;1-3-22(29)26-13-21-14-28(24(31)33-21)20-11-9-19(10-12-20)25(2)16-27(17-25)23(30)32-15-18-7-5-4-6-8-18/h5-13,22H,14-18H2,1-4H3,(H,28,31);4-12,21H,3,13-17H2,1-2H3,(H,26,29)/t22-;21-/m00/s1. The summed E-state index contributed by atoms with van der Waals surface area (Å²) >= 11 is 0. The first-order valence-electron chi connectivity index (χ1n) is 23.2. The third kappa shape index (κ3) is 12.8. The summed E-state index contributed by atoms with van der Waals surface area (Å²) in [5.74, 6) is -0.0689. The maximum absolute atomic E-state index is 12.4. The number of carbonyl (C=O) groups excluding carboxylic acids is 6. The van der Waals surface area contributed by atoms with Crippen LogP contribution in [0.3, 0.4) is 0 Å². The predicted molar refractivity (Wildman–Crippen MR) is 257 cm³/mol. The smallest absolute Gasteiger partial charge is 0.414 e. The monoisotopic (exact) mass is 946 g/mol. The van der Waals surface area contributed by atoms with Crippen LogP contribution in [0, 0.1) is 0 Å². The minimum atomic E-state index is -0.596. The summed E-state index contributed by atoms with van der Waals surface area (Å²) in [6.45, 7) is 15.3. The second-order valence-corrected chi connectivity index (χ2v) is 19.3. The maximum Gasteiger partial charge on any atom is 0.414 e. The number of alkyl carbamates (subject to hydrolysis) is 1. The SMILES string of the molecule is CC(C)(C)OC(=O)NC[C@H]1CN(c2ccc(C3(C)CN(C(=O)OCc4ccccc4)C3)cc2)C(=O)O1.CCC(=O)NC[C@H]1CN(c2ccc(C3(C)CN(C(=O)OCc4ccccc4)C3)cc2)C(=O)O1. The van der Waals surface area contributed by atoms with Crippen LogP contribution in [0.25, 0.3) is 0 Å². The minimum absolute atomic E-state index is 0.0689. The van der Waals surface area contributed by atoms with Crippen LogP contribution < -0.4 is 20.4 Å². The highest BCUT2D eigenvalue weighted by atomic mass is 16.6. The van der Waals surface area contributed by atoms with E-state index in [0.717, 1.165) is 27.9 Å². The second kappa shape index (κ2) is 21.3. The molecule has 4 aliphatic heterocycles. The highest BCUT2D eigenvalue weighted by molar-refractivity contribution is 5.90. The Hall–Kier alpha value is -7.30. The number of hydrogen-bond donors (Lipinski definition) is 2. The number of ether oxygens (including phenoxy) is 5. The van der Waals surface area contributed by atoms with Gasteiger partial charge in [0, 0.05) is 54.8 Å². The van der Waals surface area contributed by atoms with Crippen LogP contribution in [-0.4, -0.2) is 116 Å². The molecule has 17 heteroatoms. The summed E-state index contributed by atoms with van der Waals surface area (Å²) in [5, 5.41) is 5.40. The number of carbonyl (C=O) groups is 6. The summed E-state index contributed by atoms with van der Waals surface area (Å²) < 4.78 is 26.8. The number of benzene rings is 4. The van der Waals surface area contributed by atoms with Crippen molar-refractivity contribution in [1.82, 2.24) is 20.4 Å². The zero-order valence-corrected chi connectivity index (χ0v) is 40.1. The van der Waals surface area contributed by atoms with Crippen LogP contribution in [0.4, 0.5) is 35.3 Å². The molecule has 17 nitrogen and oxygen atoms in total. The average Bonchev–Trinajstić information content (AvgIpc) is 3.90. The molecule has 4 fully saturated rings. The highest BCUT2D eigenvalue weighted by Gasteiger charge is 2.45. The third-order valence-corrected chi connectivity index (χ3v) is 12.3. The highest BCUT2D eigenvalue weighted by Crippen LogP contribution is 2.37. The molecule has 69 heavy (non-hydrogen) atoms. The molecule has 0 radical (unpaired) electrons. The molecule has 4 heterocycles. The molecule has 0 unspecified atom stereocenters. The molecular weight excluding hydrogens is 885 g/mol. The lowest BCUT2D eigenvalue weighted by Gasteiger charge is -2.47. The number of likely N-dealkylation sites (tertiary alicyclic amines) is 2. The normalized spacial score (nSPS) is 18.9. The number of amides is 6. The molecule has 0 spiro atoms. The van der Waals surface area contributed by atoms with Gasteiger partial charge in [0.05, 0.1) is 26.2 Å². The lowest BCUT2D eigenvalue weighted by Crippen LogP contribution is -2.59. The van der Waals surface area contributed by atoms with E-state index in [1.165, 1.54) is 0 Å². The van der Waals surface area contributed by atoms with Crippen molar-refractivity contribution >= 4 is 47.7 Å². The van der Waals surface area contributed by atoms with E-state index >= 15 is 0 Å². The Morgan fingerprint density at radius 3 is 1.38 bits per heavy atom. The van der Waals surface area contributed by atoms with Gasteiger partial charge in [0.15, 0.2) is 0 Å². The van der Waals surface area contributed by atoms with Crippen molar-refractivity contribution < 1.29 is 52.5 Å². The van der Waals surface area contributed by atoms with Crippen LogP contribution >= 0.6 is 0 Å². The van der Waals surface area contributed by atoms with Gasteiger partial charge in [-0.25, -0.2) is 24.0 Å². The van der Waals surface area contributed by atoms with E-state index in [1.54, 1.807) is 47.3 Å². The molecular formula is C52H62N6O11. The first-order valence-corrected chi connectivity index (χ1v) is 23.2. The molecule has 2 N–H and O–H groups in total. The van der Waals surface area contributed by atoms with Crippen LogP contribution in [0.1, 0.15) is 70.2 Å². The Morgan fingerprint density at radius 2 is 1.00 bits per heavy atom. The van der Waals surface area contributed by atoms with Gasteiger partial charge in [0.2, 0.25) is 5.91 Å². The van der Waals surface area contributed by atoms with Gasteiger partial charge in [-0.1, -0.05) is 106 Å². The van der Waals surface area contributed by atoms with E-state index < -0.39 is 30.0 Å². The molecule has 0 bridgehead atoms. The Kier molecular flexibility index (Phi) is 15.3. The quantitative estimate of drug-likeness (QED) is 0.124. The average molecular weight is 947 g/mol. The van der Waals surface area contributed by atoms with Crippen LogP contribution in [-0.2, 0) is 52.5 Å². The number of nitrogens with zero attached hydrogens (tertiary/aromatic N) is 4. The number of rotatable bonds is 13. The predicted octanol–water partition coefficient (Wildman–Crippen LogP) is 7.89. The van der Waals surface area contributed by atoms with E-state index in [2.05, 4.69) is 24.5 Å². The van der Waals surface area contributed by atoms with Gasteiger partial charge in [0.1, 0.15) is 31.0 Å². The minimum Gasteiger partial charge on any atom is -0.445 e. The Bertz CT molecular complexity index is 2430. The summed E-state index contributed by atoms with van der Waals surface area (Å²) in [5.41, 5.74) is 4.60. The van der Waals surface area contributed by atoms with Crippen LogP contribution in [0.15, 0.2) is 109 Å². The summed E-state index contributed by atoms with van der Waals surface area (Å²) in [7, 11) is 0. The molecule has 366 valence electrons. The van der Waals surface area contributed by atoms with E-state index in [4.69, 9.17) is 23.7 Å². The van der Waals surface area contributed by atoms with Crippen LogP contribution in [0.5, 0.6) is 0 Å². The van der Waals surface area contributed by atoms with Crippen molar-refractivity contribution in [3.63, 3.8) is 0 Å². The summed E-state index contributed by atoms with van der Waals surface area (Å²) in [6, 6.07) is 34.7. The molecule has 4 aromatic rings. The molecule has 4 aliphatic rings. The summed E-state index contributed by atoms with van der Waals surface area (Å²) in [4.78, 5) is 79.2. The topological polar surface area (TPSA) is 186 Å². The first-order chi connectivity index (χ1) is 32.9. The van der Waals surface area contributed by atoms with Gasteiger partial charge in [-0.3, -0.25) is 14.6 Å². The zero-order chi connectivity index (χ0) is 49.3. The molecule has 4 saturated heterocycles. The fraction of sp³-hybridized carbons (Fsp3) is 0.423. The molecule has 4 aromatic carbocycles. The first kappa shape index (κ1) is 49.6. The maximum atomic E-state index is 12.4. The Balaban J connectivity index is 0.000000205. The van der Waals surface area contributed by atoms with Crippen molar-refractivity contribution in [3.8, 4) is 0 Å². The number of cyclic esters (lactones) is 2. The molecule has 6 amide bonds. The lowest BCUT2D eigenvalue weighted by molar-refractivity contribution is -0.121. The lowest BCUT2D eigenvalue weighted by atomic mass is 9.76. The molecule has 2 atom stereocenters. The van der Waals surface area contributed by atoms with E-state index in [0.29, 0.717) is 57.9 Å². The fourth-order valence-electron chi connectivity index (χ4n) is 8.47. The van der Waals surface area contributed by atoms with Gasteiger partial charge >= 0.3 is 30.5 Å². The Morgan fingerprint density at radius 1 is 0.609 bits per heavy atom. The molecule has 0 saturated carbocycles. The van der Waals surface area contributed by atoms with E-state index in [-0.39, 0.29) is 54.8 Å². The van der Waals surface area contributed by atoms with Crippen molar-refractivity contribution in [2.24, 2.45) is 0 Å². The van der Waals surface area contributed by atoms with Gasteiger partial charge in [0.25, 0.3) is 0 Å². The Labute approximate surface area is 402 Å². The molecule has 0 aliphatic carbocycles. The summed E-state index contributed by atoms with van der Waals surface area (Å²) in [6.07, 6.45) is -2.49. The molecule has 0 aromatic heterocycles. The number of anilines is 2. The third-order valence-electron chi connectivity index (χ3n) is 12.3. The van der Waals surface area contributed by atoms with Gasteiger partial charge in [-0.15, -0.1) is 0 Å². The van der Waals surface area contributed by atoms with Gasteiger partial charge in [-0.2, -0.15) is 0 Å². The van der Waals surface area contributed by atoms with Gasteiger partial charge < -0.3 is 44.1 Å². The van der Waals surface area contributed by atoms with Crippen molar-refractivity contribution in [1.29, 1.82) is 0 Å². The van der Waals surface area contributed by atoms with Crippen molar-refractivity contribution in [3.05, 3.63) is 131 Å². The van der Waals surface area contributed by atoms with Crippen molar-refractivity contribution in [2.75, 3.05) is 62.2 Å².